The van der Waals surface area contributed by atoms with Crippen LogP contribution in [0.25, 0.3) is 0 Å². The van der Waals surface area contributed by atoms with Crippen molar-refractivity contribution in [2.75, 3.05) is 51.1 Å². The highest BCUT2D eigenvalue weighted by atomic mass is 35.5. The molecule has 6 rings (SSSR count). The lowest BCUT2D eigenvalue weighted by atomic mass is 9.70. The van der Waals surface area contributed by atoms with E-state index < -0.39 is 27.9 Å². The molecule has 1 aliphatic carbocycles. The third-order valence-electron chi connectivity index (χ3n) is 10.3. The van der Waals surface area contributed by atoms with Crippen LogP contribution < -0.4 is 19.7 Å². The number of halogens is 1. The van der Waals surface area contributed by atoms with Crippen molar-refractivity contribution >= 4 is 45.2 Å². The molecule has 1 saturated heterocycles. The number of nitrogens with one attached hydrogen (secondary N) is 2. The molecular formula is C37H48ClN5O7S. The molecule has 5 atom stereocenters. The van der Waals surface area contributed by atoms with Gasteiger partial charge >= 0.3 is 12.1 Å². The number of likely N-dealkylation sites (tertiary alicyclic amines) is 1. The predicted molar refractivity (Wildman–Crippen MR) is 197 cm³/mol. The largest absolute Gasteiger partial charge is 0.491 e. The van der Waals surface area contributed by atoms with Gasteiger partial charge in [-0.2, -0.15) is 0 Å². The van der Waals surface area contributed by atoms with Crippen LogP contribution in [0.1, 0.15) is 60.5 Å². The number of hydrogen-bond donors (Lipinski definition) is 2. The smallest absolute Gasteiger partial charge is 0.409 e. The maximum absolute atomic E-state index is 14.4. The normalized spacial score (nSPS) is 27.8. The highest BCUT2D eigenvalue weighted by molar-refractivity contribution is 7.92. The number of methoxy groups -OCH3 is 2. The quantitative estimate of drug-likeness (QED) is 0.367. The molecule has 2 aromatic rings. The molecule has 4 amide bonds. The Morgan fingerprint density at radius 1 is 1.06 bits per heavy atom. The number of rotatable bonds is 3. The van der Waals surface area contributed by atoms with Crippen molar-refractivity contribution in [3.63, 3.8) is 0 Å². The maximum Gasteiger partial charge on any atom is 0.409 e. The summed E-state index contributed by atoms with van der Waals surface area (Å²) in [5.74, 6) is 0.394. The van der Waals surface area contributed by atoms with Crippen molar-refractivity contribution < 1.29 is 32.8 Å². The summed E-state index contributed by atoms with van der Waals surface area (Å²) >= 11 is 6.45. The second-order valence-corrected chi connectivity index (χ2v) is 16.5. The molecule has 12 nitrogen and oxygen atoms in total. The number of urea groups is 1. The number of anilines is 1. The molecule has 2 fully saturated rings. The lowest BCUT2D eigenvalue weighted by Crippen LogP contribution is -2.62. The molecule has 51 heavy (non-hydrogen) atoms. The minimum absolute atomic E-state index is 0.0430. The molecule has 2 N–H and O–H groups in total. The average molecular weight is 742 g/mol. The van der Waals surface area contributed by atoms with Crippen molar-refractivity contribution in [1.82, 2.24) is 14.9 Å². The molecule has 3 aliphatic heterocycles. The van der Waals surface area contributed by atoms with Gasteiger partial charge in [-0.25, -0.2) is 13.8 Å². The van der Waals surface area contributed by atoms with Gasteiger partial charge in [-0.1, -0.05) is 36.7 Å². The third-order valence-corrected chi connectivity index (χ3v) is 12.5. The van der Waals surface area contributed by atoms with Crippen molar-refractivity contribution in [1.29, 1.82) is 0 Å². The zero-order chi connectivity index (χ0) is 36.1. The molecule has 1 saturated carbocycles. The van der Waals surface area contributed by atoms with Crippen LogP contribution in [0.2, 0.25) is 5.02 Å². The Kier molecular flexibility index (Phi) is 11.8. The fourth-order valence-electron chi connectivity index (χ4n) is 7.38. The van der Waals surface area contributed by atoms with Crippen LogP contribution in [0, 0.1) is 17.8 Å². The highest BCUT2D eigenvalue weighted by Gasteiger charge is 2.38. The van der Waals surface area contributed by atoms with Gasteiger partial charge in [0, 0.05) is 43.9 Å². The lowest BCUT2D eigenvalue weighted by Gasteiger charge is -2.43. The molecular weight excluding hydrogens is 694 g/mol. The van der Waals surface area contributed by atoms with Gasteiger partial charge in [0.15, 0.2) is 0 Å². The molecule has 0 aromatic heterocycles. The van der Waals surface area contributed by atoms with E-state index in [1.807, 2.05) is 25.1 Å². The summed E-state index contributed by atoms with van der Waals surface area (Å²) in [4.78, 5) is 42.5. The van der Waals surface area contributed by atoms with Crippen molar-refractivity contribution in [3.8, 4) is 5.75 Å². The van der Waals surface area contributed by atoms with E-state index in [0.717, 1.165) is 49.9 Å². The first-order valence-electron chi connectivity index (χ1n) is 17.7. The van der Waals surface area contributed by atoms with E-state index in [1.165, 1.54) is 17.6 Å². The summed E-state index contributed by atoms with van der Waals surface area (Å²) in [7, 11) is -0.547. The van der Waals surface area contributed by atoms with Gasteiger partial charge in [0.1, 0.15) is 15.7 Å². The minimum atomic E-state index is -3.58. The first-order valence-corrected chi connectivity index (χ1v) is 19.8. The Bertz CT molecular complexity index is 1770. The Labute approximate surface area is 305 Å². The fourth-order valence-corrected chi connectivity index (χ4v) is 9.41. The van der Waals surface area contributed by atoms with E-state index in [2.05, 4.69) is 31.4 Å². The van der Waals surface area contributed by atoms with Gasteiger partial charge < -0.3 is 29.3 Å². The summed E-state index contributed by atoms with van der Waals surface area (Å²) in [6, 6.07) is 10.2. The van der Waals surface area contributed by atoms with Crippen molar-refractivity contribution in [2.24, 2.45) is 22.1 Å². The number of carbonyl (C=O) groups excluding carboxylic acids is 3. The van der Waals surface area contributed by atoms with E-state index in [0.29, 0.717) is 42.2 Å². The number of allylic oxidation sites excluding steroid dienone is 1. The number of amides is 4. The first-order chi connectivity index (χ1) is 24.5. The summed E-state index contributed by atoms with van der Waals surface area (Å²) in [6.45, 7) is 4.24. The molecule has 0 radical (unpaired) electrons. The van der Waals surface area contributed by atoms with Crippen LogP contribution in [0.3, 0.4) is 0 Å². The Morgan fingerprint density at radius 2 is 1.88 bits per heavy atom. The van der Waals surface area contributed by atoms with Crippen molar-refractivity contribution in [3.05, 3.63) is 70.3 Å². The number of nitrogens with zero attached hydrogens (tertiary/aromatic N) is 3. The monoisotopic (exact) mass is 741 g/mol. The third kappa shape index (κ3) is 8.99. The van der Waals surface area contributed by atoms with Crippen LogP contribution in [-0.4, -0.2) is 85.5 Å². The second-order valence-electron chi connectivity index (χ2n) is 14.1. The van der Waals surface area contributed by atoms with E-state index in [-0.39, 0.29) is 42.5 Å². The fraction of sp³-hybridized carbons (Fsp3) is 0.541. The van der Waals surface area contributed by atoms with E-state index in [1.54, 1.807) is 25.3 Å². The number of fused-ring (bicyclic) bond motifs is 3. The van der Waals surface area contributed by atoms with E-state index >= 15 is 0 Å². The van der Waals surface area contributed by atoms with Gasteiger partial charge in [-0.3, -0.25) is 9.52 Å². The zero-order valence-corrected chi connectivity index (χ0v) is 31.0. The van der Waals surface area contributed by atoms with Gasteiger partial charge in [-0.05, 0) is 97.7 Å². The Balaban J connectivity index is 1.37. The minimum Gasteiger partial charge on any atom is -0.491 e. The van der Waals surface area contributed by atoms with Crippen LogP contribution >= 0.6 is 11.6 Å². The summed E-state index contributed by atoms with van der Waals surface area (Å²) < 4.78 is 38.3. The van der Waals surface area contributed by atoms with Crippen LogP contribution in [0.5, 0.6) is 5.75 Å². The van der Waals surface area contributed by atoms with Gasteiger partial charge in [0.25, 0.3) is 5.91 Å². The van der Waals surface area contributed by atoms with Crippen LogP contribution in [-0.2, 0) is 32.4 Å². The first kappa shape index (κ1) is 37.0. The topological polar surface area (TPSA) is 139 Å². The summed E-state index contributed by atoms with van der Waals surface area (Å²) in [5.41, 5.74) is 3.36. The predicted octanol–water partition coefficient (Wildman–Crippen LogP) is 5.97. The SMILES string of the molecule is COC(=O)N1CC(NC(=O)NS2(=O)=NC(=O)c3ccc4c(c3)N(Cc3ccc(Cl)cc3CCCCO4)C[C@@H]3CC[C@H]3[C@@H](OC)/C=C/C[C@H](C)C2)C1. The summed E-state index contributed by atoms with van der Waals surface area (Å²) in [6.07, 6.45) is 8.88. The van der Waals surface area contributed by atoms with Gasteiger partial charge in [0.2, 0.25) is 0 Å². The number of aryl methyl sites for hydroxylation is 1. The van der Waals surface area contributed by atoms with E-state index in [4.69, 9.17) is 25.8 Å². The lowest BCUT2D eigenvalue weighted by molar-refractivity contribution is 0.0133. The molecule has 276 valence electrons. The second kappa shape index (κ2) is 16.2. The number of hydrogen-bond acceptors (Lipinski definition) is 8. The summed E-state index contributed by atoms with van der Waals surface area (Å²) in [5, 5.41) is 3.44. The molecule has 0 spiro atoms. The molecule has 2 aromatic carbocycles. The van der Waals surface area contributed by atoms with E-state index in [9.17, 15) is 18.6 Å². The molecule has 1 unspecified atom stereocenters. The molecule has 4 aliphatic rings. The van der Waals surface area contributed by atoms with Crippen LogP contribution in [0.15, 0.2) is 52.9 Å². The molecule has 2 bridgehead atoms. The number of carbonyl (C=O) groups is 3. The van der Waals surface area contributed by atoms with Gasteiger partial charge in [-0.15, -0.1) is 4.36 Å². The number of benzene rings is 2. The zero-order valence-electron chi connectivity index (χ0n) is 29.5. The molecule has 14 heteroatoms. The Hall–Kier alpha value is -3.81. The average Bonchev–Trinajstić information content (AvgIpc) is 3.09. The highest BCUT2D eigenvalue weighted by Crippen LogP contribution is 2.42. The standard InChI is InChI=1S/C37H48ClN5O7S/c1-24-7-6-9-33(48-2)31-14-11-28(31)20-42-19-27-10-13-29(38)17-25(27)8-4-5-16-50-34-15-12-26(18-32(34)42)35(44)40-51(47,23-24)41-36(45)39-30-21-43(22-30)37(46)49-3/h6,9-10,12-13,15,17-18,24,28,30-31,33H,4-5,7-8,11,14,16,19-23H2,1-3H3,(H2,39,40,41,44,45,47)/b9-6+/t24-,28-,31+,33-,51?/m0/s1. The number of ether oxygens (including phenoxy) is 3. The Morgan fingerprint density at radius 3 is 2.63 bits per heavy atom. The maximum atomic E-state index is 14.4. The molecule has 3 heterocycles. The van der Waals surface area contributed by atoms with Crippen LogP contribution in [0.4, 0.5) is 15.3 Å². The van der Waals surface area contributed by atoms with Gasteiger partial charge in [0.05, 0.1) is 37.3 Å². The van der Waals surface area contributed by atoms with Crippen molar-refractivity contribution in [2.45, 2.75) is 64.1 Å².